The Morgan fingerprint density at radius 2 is 1.06 bits per heavy atom. The van der Waals surface area contributed by atoms with Gasteiger partial charge in [0.05, 0.1) is 6.85 Å². The minimum absolute atomic E-state index is 0. The number of hydrogen-bond donors (Lipinski definition) is 0. The third kappa shape index (κ3) is 10.6. The van der Waals surface area contributed by atoms with Crippen LogP contribution in [0.4, 0.5) is 39.9 Å². The van der Waals surface area contributed by atoms with Crippen molar-refractivity contribution >= 4 is 68.8 Å². The number of aromatic nitrogens is 1. The van der Waals surface area contributed by atoms with Crippen molar-refractivity contribution in [2.45, 2.75) is 125 Å². The van der Waals surface area contributed by atoms with E-state index in [-0.39, 0.29) is 60.4 Å². The fraction of sp³-hybridized carbons (Fsp3) is 0.250. The molecule has 0 atom stereocenters. The number of anilines is 7. The standard InChI is InChI=1S/C80H79N4OSi.Pt/c1-52(2)42-53-40-41-81-75(43-53)84-69-32-20-21-33-73(69)86(71-37-34-56(77(3,4)5)47-65(71)66-48-57(78(6,7)8)35-38-72(66)86)74-39-36-62(50-70(74)84)85-61-27-22-26-60(49-61)82-51-83(68-31-19-18-30-67(68)82)76-63(54-24-16-15-17-25-54)28-23-29-64(76)55-44-58(79(9,10)11)46-59(45-55)80(12,13)14;/h15-41,43-48,51-52H,42H2,1-14H3;/q-3;/i15D,16D,17D,24D,25D;. The predicted octanol–water partition coefficient (Wildman–Crippen LogP) is 18.7. The molecule has 0 saturated carbocycles. The second kappa shape index (κ2) is 22.1. The number of ether oxygens (including phenoxy) is 1. The van der Waals surface area contributed by atoms with E-state index in [9.17, 15) is 2.74 Å². The predicted molar refractivity (Wildman–Crippen MR) is 365 cm³/mol. The van der Waals surface area contributed by atoms with Gasteiger partial charge in [0.2, 0.25) is 0 Å². The summed E-state index contributed by atoms with van der Waals surface area (Å²) in [5.74, 6) is 2.29. The largest absolute Gasteiger partial charge is 0.509 e. The molecule has 3 aliphatic heterocycles. The van der Waals surface area contributed by atoms with Crippen LogP contribution in [0.3, 0.4) is 0 Å². The summed E-state index contributed by atoms with van der Waals surface area (Å²) in [6.45, 7) is 33.7. The number of hydrogen-bond acceptors (Lipinski definition) is 5. The number of rotatable bonds is 9. The molecule has 7 heteroatoms. The molecule has 0 saturated heterocycles. The zero-order chi connectivity index (χ0) is 64.6. The Bertz CT molecular complexity index is 4470. The number of fused-ring (bicyclic) bond motifs is 10. The number of pyridine rings is 1. The molecule has 0 amide bonds. The van der Waals surface area contributed by atoms with E-state index in [1.807, 2.05) is 55.3 Å². The summed E-state index contributed by atoms with van der Waals surface area (Å²) in [6.07, 6.45) is 2.85. The maximum absolute atomic E-state index is 9.37. The van der Waals surface area contributed by atoms with Crippen LogP contribution in [0.1, 0.15) is 132 Å². The second-order valence-corrected chi connectivity index (χ2v) is 31.8. The summed E-state index contributed by atoms with van der Waals surface area (Å²) in [5.41, 5.74) is 15.7. The molecule has 0 bridgehead atoms. The smallest absolute Gasteiger partial charge is 0.135 e. The van der Waals surface area contributed by atoms with Gasteiger partial charge in [0.1, 0.15) is 13.9 Å². The van der Waals surface area contributed by atoms with Gasteiger partial charge in [0.15, 0.2) is 0 Å². The molecule has 87 heavy (non-hydrogen) atoms. The van der Waals surface area contributed by atoms with Crippen LogP contribution in [0.5, 0.6) is 11.5 Å². The van der Waals surface area contributed by atoms with Crippen molar-refractivity contribution in [1.82, 2.24) is 4.98 Å². The Labute approximate surface area is 540 Å². The van der Waals surface area contributed by atoms with Gasteiger partial charge >= 0.3 is 0 Å². The van der Waals surface area contributed by atoms with Crippen molar-refractivity contribution in [3.63, 3.8) is 0 Å². The van der Waals surface area contributed by atoms with Crippen LogP contribution in [0.15, 0.2) is 200 Å². The van der Waals surface area contributed by atoms with Crippen LogP contribution in [-0.2, 0) is 49.1 Å². The van der Waals surface area contributed by atoms with Gasteiger partial charge in [-0.15, -0.1) is 47.9 Å². The van der Waals surface area contributed by atoms with Gasteiger partial charge in [-0.3, -0.25) is 0 Å². The Morgan fingerprint density at radius 1 is 0.506 bits per heavy atom. The molecule has 0 fully saturated rings. The van der Waals surface area contributed by atoms with Gasteiger partial charge in [0.25, 0.3) is 0 Å². The fourth-order valence-electron chi connectivity index (χ4n) is 13.0. The summed E-state index contributed by atoms with van der Waals surface area (Å²) in [5, 5.41) is 5.26. The van der Waals surface area contributed by atoms with Crippen molar-refractivity contribution < 1.29 is 32.7 Å². The molecule has 0 radical (unpaired) electrons. The van der Waals surface area contributed by atoms with Gasteiger partial charge in [-0.25, -0.2) is 4.98 Å². The molecular weight excluding hydrogens is 1260 g/mol. The van der Waals surface area contributed by atoms with E-state index >= 15 is 0 Å². The molecule has 3 aliphatic rings. The van der Waals surface area contributed by atoms with E-state index in [4.69, 9.17) is 13.8 Å². The molecule has 1 spiro atoms. The maximum Gasteiger partial charge on any atom is 0.135 e. The average molecular weight is 1340 g/mol. The van der Waals surface area contributed by atoms with Crippen molar-refractivity contribution in [2.24, 2.45) is 5.92 Å². The van der Waals surface area contributed by atoms with Gasteiger partial charge in [-0.05, 0) is 130 Å². The van der Waals surface area contributed by atoms with Crippen LogP contribution < -0.4 is 40.2 Å². The van der Waals surface area contributed by atoms with Crippen molar-refractivity contribution in [3.05, 3.63) is 247 Å². The topological polar surface area (TPSA) is 31.8 Å². The van der Waals surface area contributed by atoms with E-state index in [2.05, 4.69) is 245 Å². The minimum atomic E-state index is -3.11. The van der Waals surface area contributed by atoms with Gasteiger partial charge in [0, 0.05) is 72.6 Å². The Hall–Kier alpha value is -7.76. The fourth-order valence-corrected chi connectivity index (χ4v) is 18.4. The van der Waals surface area contributed by atoms with E-state index in [0.717, 1.165) is 57.2 Å². The number of benzene rings is 9. The van der Waals surface area contributed by atoms with E-state index in [0.29, 0.717) is 34.4 Å². The van der Waals surface area contributed by atoms with Gasteiger partial charge < -0.3 is 19.4 Å². The molecule has 0 aliphatic carbocycles. The molecule has 0 unspecified atom stereocenters. The van der Waals surface area contributed by atoms with Crippen LogP contribution in [0.25, 0.3) is 33.4 Å². The SMILES string of the molecule is [2H]c1c([2H])c([2H])c(-c2cccc(-c3cc(C(C)(C)C)cc(C(C)(C)C)c3)c2N2[CH-]N(c3[c-]c(Oc4[c-]c5c(cc4)[Si]4(c6ccc(C(C)(C)C)cc6-c6cc(C(C)(C)C)ccc64)c4ccccc4N5c4cc(CC(C)C)ccn4)ccc3)c3ccccc32)c([2H])c1[2H].[Pt]. The van der Waals surface area contributed by atoms with Crippen molar-refractivity contribution in [3.8, 4) is 44.9 Å². The van der Waals surface area contributed by atoms with Crippen LogP contribution in [0, 0.1) is 24.7 Å². The van der Waals surface area contributed by atoms with E-state index in [1.54, 1.807) is 0 Å². The summed E-state index contributed by atoms with van der Waals surface area (Å²) in [7, 11) is -3.11. The first kappa shape index (κ1) is 53.5. The first-order valence-electron chi connectivity index (χ1n) is 32.8. The molecule has 442 valence electrons. The van der Waals surface area contributed by atoms with Crippen molar-refractivity contribution in [1.29, 1.82) is 0 Å². The zero-order valence-corrected chi connectivity index (χ0v) is 55.8. The normalized spacial score (nSPS) is 14.9. The van der Waals surface area contributed by atoms with Crippen LogP contribution in [0.2, 0.25) is 0 Å². The summed E-state index contributed by atoms with van der Waals surface area (Å²) in [4.78, 5) is 11.7. The van der Waals surface area contributed by atoms with E-state index in [1.165, 1.54) is 48.6 Å². The molecule has 5 nitrogen and oxygen atoms in total. The first-order valence-corrected chi connectivity index (χ1v) is 32.3. The quantitative estimate of drug-likeness (QED) is 0.106. The number of para-hydroxylation sites is 4. The van der Waals surface area contributed by atoms with E-state index < -0.39 is 26.2 Å². The zero-order valence-electron chi connectivity index (χ0n) is 57.5. The number of nitrogens with zero attached hydrogens (tertiary/aromatic N) is 4. The van der Waals surface area contributed by atoms with Gasteiger partial charge in [-0.1, -0.05) is 236 Å². The Morgan fingerprint density at radius 3 is 1.67 bits per heavy atom. The molecule has 10 aromatic rings. The Balaban J connectivity index is 0.00000816. The van der Waals surface area contributed by atoms with Crippen LogP contribution in [-0.4, -0.2) is 13.1 Å². The monoisotopic (exact) mass is 1340 g/mol. The summed E-state index contributed by atoms with van der Waals surface area (Å²) in [6, 6.07) is 64.9. The Kier molecular flexibility index (Phi) is 13.6. The molecule has 9 aromatic carbocycles. The second-order valence-electron chi connectivity index (χ2n) is 28.2. The minimum Gasteiger partial charge on any atom is -0.509 e. The maximum atomic E-state index is 9.37. The van der Waals surface area contributed by atoms with Gasteiger partial charge in [-0.2, -0.15) is 12.1 Å². The summed E-state index contributed by atoms with van der Waals surface area (Å²) < 4.78 is 52.1. The molecule has 13 rings (SSSR count). The molecule has 1 aromatic heterocycles. The van der Waals surface area contributed by atoms with Crippen molar-refractivity contribution in [2.75, 3.05) is 14.7 Å². The molecule has 4 heterocycles. The molecule has 0 N–H and O–H groups in total. The average Bonchev–Trinajstić information content (AvgIpc) is 1.44. The molecular formula is C80H79N4OPtSi-3. The summed E-state index contributed by atoms with van der Waals surface area (Å²) >= 11 is 0. The first-order chi connectivity index (χ1) is 43.0. The third-order valence-electron chi connectivity index (χ3n) is 17.5. The van der Waals surface area contributed by atoms with Crippen LogP contribution >= 0.6 is 0 Å². The third-order valence-corrected chi connectivity index (χ3v) is 22.4.